The summed E-state index contributed by atoms with van der Waals surface area (Å²) >= 11 is 0. The number of aromatic nitrogens is 4. The molecule has 11 nitrogen and oxygen atoms in total. The predicted octanol–water partition coefficient (Wildman–Crippen LogP) is -0.498. The Morgan fingerprint density at radius 2 is 2.00 bits per heavy atom. The number of hydrogen-bond donors (Lipinski definition) is 2. The monoisotopic (exact) mass is 308 g/mol. The number of nitrogens with one attached hydrogen (secondary N) is 1. The van der Waals surface area contributed by atoms with E-state index in [1.54, 1.807) is 0 Å². The van der Waals surface area contributed by atoms with Gasteiger partial charge < -0.3 is 10.4 Å². The number of amides is 1. The lowest BCUT2D eigenvalue weighted by Crippen LogP contribution is -2.27. The summed E-state index contributed by atoms with van der Waals surface area (Å²) in [5.41, 5.74) is 0.106. The number of rotatable bonds is 7. The Morgan fingerprint density at radius 1 is 1.27 bits per heavy atom. The minimum absolute atomic E-state index is 0.124. The SMILES string of the molecule is O=C(O)Cn1cc(C(=O)NCCn2cc([N+](=O)[O-])cn2)cn1. The first kappa shape index (κ1) is 15.2. The zero-order valence-corrected chi connectivity index (χ0v) is 11.2. The molecule has 2 N–H and O–H groups in total. The van der Waals surface area contributed by atoms with Crippen molar-refractivity contribution in [3.8, 4) is 0 Å². The normalized spacial score (nSPS) is 10.4. The van der Waals surface area contributed by atoms with E-state index in [0.29, 0.717) is 0 Å². The molecule has 2 rings (SSSR count). The van der Waals surface area contributed by atoms with E-state index < -0.39 is 16.8 Å². The highest BCUT2D eigenvalue weighted by molar-refractivity contribution is 5.93. The fourth-order valence-corrected chi connectivity index (χ4v) is 1.66. The van der Waals surface area contributed by atoms with E-state index in [-0.39, 0.29) is 30.9 Å². The molecule has 0 saturated heterocycles. The Hall–Kier alpha value is -3.24. The van der Waals surface area contributed by atoms with Gasteiger partial charge in [0.05, 0.1) is 23.2 Å². The van der Waals surface area contributed by atoms with Gasteiger partial charge in [0, 0.05) is 12.7 Å². The minimum atomic E-state index is -1.06. The van der Waals surface area contributed by atoms with Gasteiger partial charge in [-0.25, -0.2) is 0 Å². The maximum absolute atomic E-state index is 11.8. The van der Waals surface area contributed by atoms with Crippen LogP contribution in [-0.2, 0) is 17.9 Å². The average Bonchev–Trinajstić information content (AvgIpc) is 3.07. The quantitative estimate of drug-likeness (QED) is 0.518. The van der Waals surface area contributed by atoms with Crippen molar-refractivity contribution in [1.82, 2.24) is 24.9 Å². The standard InChI is InChI=1S/C11H12N6O5/c18-10(19)7-16-5-8(3-13-16)11(20)12-1-2-15-6-9(4-14-15)17(21)22/h3-6H,1-2,7H2,(H,12,20)(H,18,19). The minimum Gasteiger partial charge on any atom is -0.480 e. The summed E-state index contributed by atoms with van der Waals surface area (Å²) in [6.07, 6.45) is 4.97. The molecule has 2 heterocycles. The van der Waals surface area contributed by atoms with E-state index in [0.717, 1.165) is 10.9 Å². The maximum atomic E-state index is 11.8. The number of carbonyl (C=O) groups is 2. The number of aliphatic carboxylic acids is 1. The van der Waals surface area contributed by atoms with Crippen LogP contribution in [0.4, 0.5) is 5.69 Å². The predicted molar refractivity (Wildman–Crippen MR) is 71.1 cm³/mol. The highest BCUT2D eigenvalue weighted by Crippen LogP contribution is 2.07. The van der Waals surface area contributed by atoms with Gasteiger partial charge in [0.25, 0.3) is 5.91 Å². The highest BCUT2D eigenvalue weighted by Gasteiger charge is 2.11. The molecule has 1 amide bonds. The molecule has 0 spiro atoms. The third kappa shape index (κ3) is 3.88. The van der Waals surface area contributed by atoms with Crippen molar-refractivity contribution in [1.29, 1.82) is 0 Å². The molecule has 116 valence electrons. The molecule has 2 aromatic rings. The molecule has 0 atom stereocenters. The molecule has 0 radical (unpaired) electrons. The van der Waals surface area contributed by atoms with Crippen molar-refractivity contribution >= 4 is 17.6 Å². The zero-order chi connectivity index (χ0) is 16.1. The van der Waals surface area contributed by atoms with Crippen LogP contribution in [0.25, 0.3) is 0 Å². The van der Waals surface area contributed by atoms with Gasteiger partial charge in [-0.05, 0) is 0 Å². The Kier molecular flexibility index (Phi) is 4.46. The number of carboxylic acids is 1. The van der Waals surface area contributed by atoms with Gasteiger partial charge in [0.1, 0.15) is 18.9 Å². The maximum Gasteiger partial charge on any atom is 0.325 e. The van der Waals surface area contributed by atoms with E-state index in [2.05, 4.69) is 15.5 Å². The van der Waals surface area contributed by atoms with Crippen molar-refractivity contribution in [3.05, 3.63) is 40.5 Å². The molecule has 0 bridgehead atoms. The van der Waals surface area contributed by atoms with E-state index in [1.807, 2.05) is 0 Å². The van der Waals surface area contributed by atoms with Crippen LogP contribution in [0.15, 0.2) is 24.8 Å². The number of carbonyl (C=O) groups excluding carboxylic acids is 1. The Balaban J connectivity index is 1.83. The summed E-state index contributed by atoms with van der Waals surface area (Å²) in [6, 6.07) is 0. The molecular formula is C11H12N6O5. The van der Waals surface area contributed by atoms with Crippen molar-refractivity contribution in [3.63, 3.8) is 0 Å². The molecular weight excluding hydrogens is 296 g/mol. The third-order valence-electron chi connectivity index (χ3n) is 2.65. The van der Waals surface area contributed by atoms with Gasteiger partial charge in [-0.15, -0.1) is 0 Å². The van der Waals surface area contributed by atoms with Crippen molar-refractivity contribution in [2.45, 2.75) is 13.1 Å². The van der Waals surface area contributed by atoms with Gasteiger partial charge in [0.15, 0.2) is 0 Å². The number of nitrogens with zero attached hydrogens (tertiary/aromatic N) is 5. The van der Waals surface area contributed by atoms with Gasteiger partial charge in [-0.2, -0.15) is 10.2 Å². The molecule has 0 saturated carbocycles. The van der Waals surface area contributed by atoms with Crippen LogP contribution in [0.3, 0.4) is 0 Å². The first-order chi connectivity index (χ1) is 10.5. The van der Waals surface area contributed by atoms with Gasteiger partial charge in [0.2, 0.25) is 0 Å². The summed E-state index contributed by atoms with van der Waals surface area (Å²) < 4.78 is 2.47. The Morgan fingerprint density at radius 3 is 2.64 bits per heavy atom. The number of hydrogen-bond acceptors (Lipinski definition) is 6. The lowest BCUT2D eigenvalue weighted by Gasteiger charge is -2.03. The molecule has 11 heteroatoms. The Labute approximate surface area is 123 Å². The number of carboxylic acid groups (broad SMARTS) is 1. The van der Waals surface area contributed by atoms with Crippen molar-refractivity contribution in [2.24, 2.45) is 0 Å². The molecule has 0 aliphatic heterocycles. The second kappa shape index (κ2) is 6.47. The van der Waals surface area contributed by atoms with Crippen molar-refractivity contribution in [2.75, 3.05) is 6.54 Å². The first-order valence-electron chi connectivity index (χ1n) is 6.15. The second-order valence-electron chi connectivity index (χ2n) is 4.29. The van der Waals surface area contributed by atoms with E-state index >= 15 is 0 Å². The first-order valence-corrected chi connectivity index (χ1v) is 6.15. The third-order valence-corrected chi connectivity index (χ3v) is 2.65. The van der Waals surface area contributed by atoms with E-state index in [4.69, 9.17) is 5.11 Å². The lowest BCUT2D eigenvalue weighted by atomic mass is 10.3. The molecule has 0 unspecified atom stereocenters. The fraction of sp³-hybridized carbons (Fsp3) is 0.273. The smallest absolute Gasteiger partial charge is 0.325 e. The summed E-state index contributed by atoms with van der Waals surface area (Å²) in [6.45, 7) is 0.148. The molecule has 22 heavy (non-hydrogen) atoms. The van der Waals surface area contributed by atoms with E-state index in [9.17, 15) is 19.7 Å². The van der Waals surface area contributed by atoms with Crippen LogP contribution in [0, 0.1) is 10.1 Å². The highest BCUT2D eigenvalue weighted by atomic mass is 16.6. The number of nitro groups is 1. The second-order valence-corrected chi connectivity index (χ2v) is 4.29. The lowest BCUT2D eigenvalue weighted by molar-refractivity contribution is -0.385. The Bertz CT molecular complexity index is 705. The van der Waals surface area contributed by atoms with E-state index in [1.165, 1.54) is 23.3 Å². The van der Waals surface area contributed by atoms with Crippen LogP contribution < -0.4 is 5.32 Å². The van der Waals surface area contributed by atoms with Gasteiger partial charge in [-0.3, -0.25) is 29.1 Å². The summed E-state index contributed by atoms with van der Waals surface area (Å²) in [4.78, 5) is 32.2. The topological polar surface area (TPSA) is 145 Å². The zero-order valence-electron chi connectivity index (χ0n) is 11.2. The van der Waals surface area contributed by atoms with Gasteiger partial charge >= 0.3 is 11.7 Å². The van der Waals surface area contributed by atoms with Crippen LogP contribution in [-0.4, -0.2) is 48.0 Å². The molecule has 0 aromatic carbocycles. The summed E-state index contributed by atoms with van der Waals surface area (Å²) in [5, 5.41) is 29.2. The molecule has 2 aromatic heterocycles. The van der Waals surface area contributed by atoms with Crippen LogP contribution >= 0.6 is 0 Å². The van der Waals surface area contributed by atoms with Crippen LogP contribution in [0.2, 0.25) is 0 Å². The molecule has 0 aliphatic rings. The fourth-order valence-electron chi connectivity index (χ4n) is 1.66. The van der Waals surface area contributed by atoms with Gasteiger partial charge in [-0.1, -0.05) is 0 Å². The molecule has 0 aliphatic carbocycles. The van der Waals surface area contributed by atoms with Crippen molar-refractivity contribution < 1.29 is 19.6 Å². The molecule has 0 fully saturated rings. The summed E-state index contributed by atoms with van der Waals surface area (Å²) in [5.74, 6) is -1.48. The van der Waals surface area contributed by atoms with Crippen LogP contribution in [0.1, 0.15) is 10.4 Å². The van der Waals surface area contributed by atoms with Crippen LogP contribution in [0.5, 0.6) is 0 Å². The summed E-state index contributed by atoms with van der Waals surface area (Å²) in [7, 11) is 0. The average molecular weight is 308 g/mol. The largest absolute Gasteiger partial charge is 0.480 e.